The summed E-state index contributed by atoms with van der Waals surface area (Å²) < 4.78 is 10.3. The van der Waals surface area contributed by atoms with E-state index in [1.807, 2.05) is 0 Å². The van der Waals surface area contributed by atoms with Crippen molar-refractivity contribution < 1.29 is 18.8 Å². The van der Waals surface area contributed by atoms with E-state index >= 15 is 0 Å². The Morgan fingerprint density at radius 1 is 1.56 bits per heavy atom. The Kier molecular flexibility index (Phi) is 2.27. The minimum atomic E-state index is -1.60. The standard InChI is InChI=1S/C12H12N2O4/c1-14-5-4-12(16,11(14)15)10-7-8(13-18-10)9-3-2-6-17-9/h2-3,6-7,16H,4-5H2,1H3. The highest BCUT2D eigenvalue weighted by Crippen LogP contribution is 2.34. The molecule has 0 saturated carbocycles. The largest absolute Gasteiger partial charge is 0.463 e. The molecule has 6 nitrogen and oxygen atoms in total. The molecule has 1 aliphatic heterocycles. The zero-order valence-electron chi connectivity index (χ0n) is 9.79. The number of likely N-dealkylation sites (tertiary alicyclic amines) is 1. The topological polar surface area (TPSA) is 79.7 Å². The van der Waals surface area contributed by atoms with Crippen LogP contribution in [0.25, 0.3) is 11.5 Å². The molecule has 1 N–H and O–H groups in total. The van der Waals surface area contributed by atoms with E-state index in [2.05, 4.69) is 5.16 Å². The third kappa shape index (κ3) is 1.46. The molecule has 3 rings (SSSR count). The molecule has 2 aromatic heterocycles. The van der Waals surface area contributed by atoms with Crippen LogP contribution in [-0.4, -0.2) is 34.7 Å². The fraction of sp³-hybridized carbons (Fsp3) is 0.333. The van der Waals surface area contributed by atoms with Crippen LogP contribution in [0.1, 0.15) is 12.2 Å². The van der Waals surface area contributed by atoms with Gasteiger partial charge in [0.2, 0.25) is 5.60 Å². The van der Waals surface area contributed by atoms with Crippen molar-refractivity contribution in [3.63, 3.8) is 0 Å². The van der Waals surface area contributed by atoms with Gasteiger partial charge < -0.3 is 18.9 Å². The molecule has 0 bridgehead atoms. The van der Waals surface area contributed by atoms with E-state index in [1.165, 1.54) is 17.2 Å². The summed E-state index contributed by atoms with van der Waals surface area (Å²) in [5, 5.41) is 14.2. The first-order chi connectivity index (χ1) is 8.61. The molecule has 94 valence electrons. The number of nitrogens with zero attached hydrogens (tertiary/aromatic N) is 2. The molecular formula is C12H12N2O4. The molecule has 1 saturated heterocycles. The third-order valence-corrected chi connectivity index (χ3v) is 3.20. The second-order valence-corrected chi connectivity index (χ2v) is 4.39. The lowest BCUT2D eigenvalue weighted by Gasteiger charge is -2.16. The first-order valence-electron chi connectivity index (χ1n) is 5.60. The first-order valence-corrected chi connectivity index (χ1v) is 5.60. The molecule has 0 aliphatic carbocycles. The van der Waals surface area contributed by atoms with Crippen molar-refractivity contribution in [2.24, 2.45) is 0 Å². The van der Waals surface area contributed by atoms with Gasteiger partial charge in [-0.2, -0.15) is 0 Å². The van der Waals surface area contributed by atoms with Crippen LogP contribution in [0.2, 0.25) is 0 Å². The molecule has 1 fully saturated rings. The number of hydrogen-bond acceptors (Lipinski definition) is 5. The van der Waals surface area contributed by atoms with Gasteiger partial charge in [-0.1, -0.05) is 5.16 Å². The normalized spacial score (nSPS) is 23.9. The maximum Gasteiger partial charge on any atom is 0.262 e. The van der Waals surface area contributed by atoms with E-state index in [1.54, 1.807) is 19.2 Å². The Labute approximate surface area is 103 Å². The quantitative estimate of drug-likeness (QED) is 0.857. The van der Waals surface area contributed by atoms with Crippen LogP contribution < -0.4 is 0 Å². The second kappa shape index (κ2) is 3.71. The molecule has 1 aliphatic rings. The molecule has 1 unspecified atom stereocenters. The van der Waals surface area contributed by atoms with Gasteiger partial charge in [-0.25, -0.2) is 0 Å². The van der Waals surface area contributed by atoms with Crippen LogP contribution in [0.15, 0.2) is 33.4 Å². The van der Waals surface area contributed by atoms with Gasteiger partial charge in [-0.05, 0) is 12.1 Å². The number of rotatable bonds is 2. The summed E-state index contributed by atoms with van der Waals surface area (Å²) in [5.41, 5.74) is -1.14. The van der Waals surface area contributed by atoms with Crippen LogP contribution in [0.3, 0.4) is 0 Å². The van der Waals surface area contributed by atoms with Gasteiger partial charge in [0.1, 0.15) is 5.69 Å². The predicted molar refractivity (Wildman–Crippen MR) is 60.4 cm³/mol. The van der Waals surface area contributed by atoms with Crippen molar-refractivity contribution >= 4 is 5.91 Å². The van der Waals surface area contributed by atoms with Gasteiger partial charge >= 0.3 is 0 Å². The molecule has 0 spiro atoms. The van der Waals surface area contributed by atoms with Crippen LogP contribution in [0, 0.1) is 0 Å². The fourth-order valence-corrected chi connectivity index (χ4v) is 2.09. The Morgan fingerprint density at radius 2 is 2.39 bits per heavy atom. The average molecular weight is 248 g/mol. The SMILES string of the molecule is CN1CCC(O)(c2cc(-c3ccco3)no2)C1=O. The maximum atomic E-state index is 11.9. The number of carbonyl (C=O) groups is 1. The van der Waals surface area contributed by atoms with E-state index < -0.39 is 5.60 Å². The summed E-state index contributed by atoms with van der Waals surface area (Å²) in [5.74, 6) is 0.320. The molecule has 0 radical (unpaired) electrons. The zero-order valence-corrected chi connectivity index (χ0v) is 9.79. The van der Waals surface area contributed by atoms with Crippen molar-refractivity contribution in [2.75, 3.05) is 13.6 Å². The maximum absolute atomic E-state index is 11.9. The number of furan rings is 1. The minimum absolute atomic E-state index is 0.156. The molecule has 1 atom stereocenters. The second-order valence-electron chi connectivity index (χ2n) is 4.39. The summed E-state index contributed by atoms with van der Waals surface area (Å²) in [4.78, 5) is 13.4. The predicted octanol–water partition coefficient (Wildman–Crippen LogP) is 0.984. The van der Waals surface area contributed by atoms with Crippen LogP contribution >= 0.6 is 0 Å². The number of aromatic nitrogens is 1. The molecule has 3 heterocycles. The zero-order chi connectivity index (χ0) is 12.8. The highest BCUT2D eigenvalue weighted by atomic mass is 16.5. The van der Waals surface area contributed by atoms with Gasteiger partial charge in [-0.3, -0.25) is 4.79 Å². The van der Waals surface area contributed by atoms with Gasteiger partial charge in [0, 0.05) is 26.1 Å². The number of likely N-dealkylation sites (N-methyl/N-ethyl adjacent to an activating group) is 1. The van der Waals surface area contributed by atoms with Crippen molar-refractivity contribution in [1.29, 1.82) is 0 Å². The first kappa shape index (κ1) is 11.0. The van der Waals surface area contributed by atoms with E-state index in [4.69, 9.17) is 8.94 Å². The Bertz CT molecular complexity index is 575. The minimum Gasteiger partial charge on any atom is -0.463 e. The lowest BCUT2D eigenvalue weighted by Crippen LogP contribution is -2.35. The molecule has 18 heavy (non-hydrogen) atoms. The van der Waals surface area contributed by atoms with Crippen molar-refractivity contribution in [1.82, 2.24) is 10.1 Å². The molecule has 0 aromatic carbocycles. The number of hydrogen-bond donors (Lipinski definition) is 1. The van der Waals surface area contributed by atoms with Gasteiger partial charge in [0.05, 0.1) is 6.26 Å². The smallest absolute Gasteiger partial charge is 0.262 e. The number of aliphatic hydroxyl groups is 1. The molecule has 6 heteroatoms. The van der Waals surface area contributed by atoms with E-state index in [-0.39, 0.29) is 11.7 Å². The Balaban J connectivity index is 1.97. The van der Waals surface area contributed by atoms with Gasteiger partial charge in [0.25, 0.3) is 5.91 Å². The Morgan fingerprint density at radius 3 is 3.00 bits per heavy atom. The van der Waals surface area contributed by atoms with Gasteiger partial charge in [-0.15, -0.1) is 0 Å². The van der Waals surface area contributed by atoms with Crippen LogP contribution in [0.5, 0.6) is 0 Å². The Hall–Kier alpha value is -2.08. The van der Waals surface area contributed by atoms with Crippen molar-refractivity contribution in [2.45, 2.75) is 12.0 Å². The number of carbonyl (C=O) groups excluding carboxylic acids is 1. The van der Waals surface area contributed by atoms with E-state index in [9.17, 15) is 9.90 Å². The summed E-state index contributed by atoms with van der Waals surface area (Å²) in [7, 11) is 1.64. The molecule has 1 amide bonds. The summed E-state index contributed by atoms with van der Waals surface area (Å²) >= 11 is 0. The number of amides is 1. The fourth-order valence-electron chi connectivity index (χ4n) is 2.09. The van der Waals surface area contributed by atoms with Crippen molar-refractivity contribution in [3.05, 3.63) is 30.2 Å². The molecular weight excluding hydrogens is 236 g/mol. The van der Waals surface area contributed by atoms with Crippen molar-refractivity contribution in [3.8, 4) is 11.5 Å². The summed E-state index contributed by atoms with van der Waals surface area (Å²) in [6, 6.07) is 5.00. The highest BCUT2D eigenvalue weighted by molar-refractivity contribution is 5.87. The third-order valence-electron chi connectivity index (χ3n) is 3.20. The summed E-state index contributed by atoms with van der Waals surface area (Å²) in [6.07, 6.45) is 1.82. The highest BCUT2D eigenvalue weighted by Gasteiger charge is 2.48. The lowest BCUT2D eigenvalue weighted by molar-refractivity contribution is -0.144. The van der Waals surface area contributed by atoms with Crippen LogP contribution in [-0.2, 0) is 10.4 Å². The van der Waals surface area contributed by atoms with Gasteiger partial charge in [0.15, 0.2) is 11.5 Å². The lowest BCUT2D eigenvalue weighted by atomic mass is 9.99. The molecule has 2 aromatic rings. The average Bonchev–Trinajstić information content (AvgIpc) is 3.06. The van der Waals surface area contributed by atoms with Crippen LogP contribution in [0.4, 0.5) is 0 Å². The van der Waals surface area contributed by atoms with E-state index in [0.717, 1.165) is 0 Å². The summed E-state index contributed by atoms with van der Waals surface area (Å²) in [6.45, 7) is 0.492. The van der Waals surface area contributed by atoms with E-state index in [0.29, 0.717) is 24.4 Å². The monoisotopic (exact) mass is 248 g/mol.